The lowest BCUT2D eigenvalue weighted by Crippen LogP contribution is -2.92. The van der Waals surface area contributed by atoms with Gasteiger partial charge in [0.25, 0.3) is 0 Å². The highest BCUT2D eigenvalue weighted by molar-refractivity contribution is 5.22. The molecule has 98 valence electrons. The highest BCUT2D eigenvalue weighted by atomic mass is 15.0. The van der Waals surface area contributed by atoms with E-state index in [9.17, 15) is 0 Å². The summed E-state index contributed by atoms with van der Waals surface area (Å²) >= 11 is 0. The van der Waals surface area contributed by atoms with Gasteiger partial charge in [0, 0.05) is 5.92 Å². The van der Waals surface area contributed by atoms with E-state index in [0.29, 0.717) is 5.54 Å². The van der Waals surface area contributed by atoms with E-state index < -0.39 is 0 Å². The van der Waals surface area contributed by atoms with Crippen molar-refractivity contribution in [1.29, 1.82) is 0 Å². The van der Waals surface area contributed by atoms with Gasteiger partial charge in [0.2, 0.25) is 0 Å². The Hall–Kier alpha value is -0.0400. The maximum atomic E-state index is 4.09. The Morgan fingerprint density at radius 1 is 1.12 bits per heavy atom. The predicted octanol–water partition coefficient (Wildman–Crippen LogP) is 2.83. The maximum Gasteiger partial charge on any atom is 0.0697 e. The van der Waals surface area contributed by atoms with Crippen LogP contribution < -0.4 is 5.32 Å². The van der Waals surface area contributed by atoms with E-state index in [0.717, 1.165) is 35.0 Å². The van der Waals surface area contributed by atoms with E-state index in [-0.39, 0.29) is 0 Å². The van der Waals surface area contributed by atoms with Crippen molar-refractivity contribution in [3.05, 3.63) is 7.05 Å². The normalized spacial score (nSPS) is 53.1. The number of hydrogen-bond acceptors (Lipinski definition) is 0. The van der Waals surface area contributed by atoms with Crippen LogP contribution in [0.4, 0.5) is 0 Å². The Bertz CT molecular complexity index is 321. The minimum Gasteiger partial charge on any atom is -0.474 e. The first-order chi connectivity index (χ1) is 7.95. The molecule has 0 aromatic carbocycles. The summed E-state index contributed by atoms with van der Waals surface area (Å²) in [5.41, 5.74) is 1.12. The summed E-state index contributed by atoms with van der Waals surface area (Å²) < 4.78 is 0. The average molecular weight is 235 g/mol. The van der Waals surface area contributed by atoms with Gasteiger partial charge in [-0.05, 0) is 68.6 Å². The molecule has 0 aliphatic heterocycles. The molecule has 17 heavy (non-hydrogen) atoms. The van der Waals surface area contributed by atoms with Gasteiger partial charge in [-0.2, -0.15) is 7.05 Å². The lowest BCUT2D eigenvalue weighted by molar-refractivity contribution is -0.679. The molecule has 0 radical (unpaired) electrons. The van der Waals surface area contributed by atoms with Gasteiger partial charge in [0.15, 0.2) is 0 Å². The molecule has 0 bridgehead atoms. The standard InChI is InChI=1S/C16H29N/c1-10-8-9-16-11(2)6-7-12(14(16)13(10)16)15(3,4)17-5/h10-14H,5-9,17H2,1-4H3/t10-,11-,12-,13+,14+,16-/m1/s1. The predicted molar refractivity (Wildman–Crippen MR) is 71.1 cm³/mol. The zero-order valence-electron chi connectivity index (χ0n) is 12.0. The molecule has 0 aromatic rings. The van der Waals surface area contributed by atoms with Gasteiger partial charge < -0.3 is 5.32 Å². The highest BCUT2D eigenvalue weighted by Gasteiger charge is 2.75. The Morgan fingerprint density at radius 2 is 1.82 bits per heavy atom. The monoisotopic (exact) mass is 235 g/mol. The van der Waals surface area contributed by atoms with Crippen molar-refractivity contribution in [3.8, 4) is 0 Å². The van der Waals surface area contributed by atoms with E-state index in [1.165, 1.54) is 25.7 Å². The minimum absolute atomic E-state index is 0.349. The molecular weight excluding hydrogens is 206 g/mol. The molecule has 0 unspecified atom stereocenters. The van der Waals surface area contributed by atoms with Crippen LogP contribution in [0.15, 0.2) is 0 Å². The van der Waals surface area contributed by atoms with Crippen molar-refractivity contribution in [2.75, 3.05) is 0 Å². The lowest BCUT2D eigenvalue weighted by atomic mass is 9.67. The van der Waals surface area contributed by atoms with Gasteiger partial charge in [0.1, 0.15) is 0 Å². The number of fused-ring (bicyclic) bond motifs is 1. The molecule has 2 N–H and O–H groups in total. The molecule has 3 aliphatic carbocycles. The second kappa shape index (κ2) is 3.50. The second-order valence-corrected chi connectivity index (χ2v) is 7.79. The zero-order valence-corrected chi connectivity index (χ0v) is 12.0. The minimum atomic E-state index is 0.349. The summed E-state index contributed by atoms with van der Waals surface area (Å²) in [4.78, 5) is 0. The fourth-order valence-electron chi connectivity index (χ4n) is 5.79. The molecule has 6 atom stereocenters. The number of hydrogen-bond donors (Lipinski definition) is 1. The largest absolute Gasteiger partial charge is 0.474 e. The van der Waals surface area contributed by atoms with Crippen LogP contribution in [0.3, 0.4) is 0 Å². The van der Waals surface area contributed by atoms with Crippen LogP contribution in [-0.4, -0.2) is 5.54 Å². The van der Waals surface area contributed by atoms with Gasteiger partial charge >= 0.3 is 0 Å². The van der Waals surface area contributed by atoms with Crippen LogP contribution in [0.2, 0.25) is 0 Å². The second-order valence-electron chi connectivity index (χ2n) is 7.79. The van der Waals surface area contributed by atoms with Crippen molar-refractivity contribution in [3.63, 3.8) is 0 Å². The smallest absolute Gasteiger partial charge is 0.0697 e. The number of quaternary nitrogens is 1. The van der Waals surface area contributed by atoms with Crippen molar-refractivity contribution < 1.29 is 5.32 Å². The fraction of sp³-hybridized carbons (Fsp3) is 0.938. The van der Waals surface area contributed by atoms with E-state index >= 15 is 0 Å². The Labute approximate surface area is 107 Å². The van der Waals surface area contributed by atoms with Gasteiger partial charge in [-0.15, -0.1) is 0 Å². The SMILES string of the molecule is [CH2-][NH2+]C(C)(C)[C@@H]1CC[C@@H](C)[C@]23CC[C@@H](C)[C@H]2[C@H]13. The van der Waals surface area contributed by atoms with Crippen LogP contribution in [-0.2, 0) is 0 Å². The molecule has 0 saturated heterocycles. The van der Waals surface area contributed by atoms with Crippen molar-refractivity contribution in [1.82, 2.24) is 0 Å². The third kappa shape index (κ3) is 1.35. The van der Waals surface area contributed by atoms with Gasteiger partial charge in [-0.3, -0.25) is 0 Å². The quantitative estimate of drug-likeness (QED) is 0.709. The average Bonchev–Trinajstić information content (AvgIpc) is 2.86. The van der Waals surface area contributed by atoms with Gasteiger partial charge in [-0.25, -0.2) is 0 Å². The molecular formula is C16H29N. The number of nitrogens with two attached hydrogens (primary N) is 1. The summed E-state index contributed by atoms with van der Waals surface area (Å²) in [6.45, 7) is 9.85. The summed E-state index contributed by atoms with van der Waals surface area (Å²) in [6.07, 6.45) is 5.92. The molecule has 0 heterocycles. The van der Waals surface area contributed by atoms with Crippen LogP contribution >= 0.6 is 0 Å². The third-order valence-electron chi connectivity index (χ3n) is 6.91. The lowest BCUT2D eigenvalue weighted by Gasteiger charge is -2.41. The summed E-state index contributed by atoms with van der Waals surface area (Å²) in [5.74, 6) is 4.97. The molecule has 0 aromatic heterocycles. The third-order valence-corrected chi connectivity index (χ3v) is 6.91. The summed E-state index contributed by atoms with van der Waals surface area (Å²) in [5, 5.41) is 2.22. The van der Waals surface area contributed by atoms with Gasteiger partial charge in [-0.1, -0.05) is 13.8 Å². The molecule has 3 rings (SSSR count). The fourth-order valence-corrected chi connectivity index (χ4v) is 5.79. The first kappa shape index (κ1) is 12.0. The Morgan fingerprint density at radius 3 is 2.47 bits per heavy atom. The molecule has 1 heteroatoms. The van der Waals surface area contributed by atoms with E-state index in [1.807, 2.05) is 0 Å². The van der Waals surface area contributed by atoms with Crippen LogP contribution in [0.5, 0.6) is 0 Å². The van der Waals surface area contributed by atoms with E-state index in [4.69, 9.17) is 0 Å². The highest BCUT2D eigenvalue weighted by Crippen LogP contribution is 2.79. The van der Waals surface area contributed by atoms with Crippen LogP contribution in [0.1, 0.15) is 53.4 Å². The zero-order chi connectivity index (χ0) is 12.4. The van der Waals surface area contributed by atoms with Crippen LogP contribution in [0.25, 0.3) is 0 Å². The first-order valence-corrected chi connectivity index (χ1v) is 7.58. The van der Waals surface area contributed by atoms with Crippen molar-refractivity contribution in [2.24, 2.45) is 35.0 Å². The molecule has 1 spiro atoms. The summed E-state index contributed by atoms with van der Waals surface area (Å²) in [7, 11) is 4.09. The van der Waals surface area contributed by atoms with Crippen molar-refractivity contribution in [2.45, 2.75) is 58.9 Å². The van der Waals surface area contributed by atoms with E-state index in [2.05, 4.69) is 40.1 Å². The molecule has 3 fully saturated rings. The molecule has 3 saturated carbocycles. The summed E-state index contributed by atoms with van der Waals surface area (Å²) in [6, 6.07) is 0. The number of rotatable bonds is 2. The van der Waals surface area contributed by atoms with Gasteiger partial charge in [0.05, 0.1) is 5.54 Å². The first-order valence-electron chi connectivity index (χ1n) is 7.58. The molecule has 1 nitrogen and oxygen atoms in total. The molecule has 3 aliphatic rings. The Balaban J connectivity index is 1.89. The van der Waals surface area contributed by atoms with Crippen LogP contribution in [0, 0.1) is 42.1 Å². The molecule has 0 amide bonds. The Kier molecular flexibility index (Phi) is 2.47. The topological polar surface area (TPSA) is 16.6 Å². The van der Waals surface area contributed by atoms with Crippen molar-refractivity contribution >= 4 is 0 Å². The van der Waals surface area contributed by atoms with E-state index in [1.54, 1.807) is 0 Å². The maximum absolute atomic E-state index is 4.09.